The van der Waals surface area contributed by atoms with Gasteiger partial charge in [0.15, 0.2) is 0 Å². The Balaban J connectivity index is 1.33. The highest BCUT2D eigenvalue weighted by Crippen LogP contribution is 2.10. The van der Waals surface area contributed by atoms with E-state index in [2.05, 4.69) is 15.0 Å². The molecule has 2 aliphatic heterocycles. The first-order valence-corrected chi connectivity index (χ1v) is 9.80. The van der Waals surface area contributed by atoms with Crippen molar-refractivity contribution in [3.05, 3.63) is 46.4 Å². The normalized spacial score (nSPS) is 18.1. The van der Waals surface area contributed by atoms with E-state index in [0.29, 0.717) is 18.7 Å². The van der Waals surface area contributed by atoms with E-state index in [9.17, 15) is 9.59 Å². The molecule has 0 bridgehead atoms. The fourth-order valence-electron chi connectivity index (χ4n) is 3.90. The highest BCUT2D eigenvalue weighted by molar-refractivity contribution is 5.94. The second-order valence-electron chi connectivity index (χ2n) is 7.25. The van der Waals surface area contributed by atoms with Crippen molar-refractivity contribution in [2.24, 2.45) is 0 Å². The van der Waals surface area contributed by atoms with Crippen molar-refractivity contribution in [3.8, 4) is 0 Å². The third-order valence-electron chi connectivity index (χ3n) is 5.46. The van der Waals surface area contributed by atoms with Gasteiger partial charge in [-0.2, -0.15) is 5.10 Å². The van der Waals surface area contributed by atoms with E-state index in [0.717, 1.165) is 64.2 Å². The number of nitrogens with zero attached hydrogens (tertiary/aromatic N) is 6. The van der Waals surface area contributed by atoms with Gasteiger partial charge in [0.2, 0.25) is 0 Å². The number of carbonyl (C=O) groups is 1. The van der Waals surface area contributed by atoms with Crippen LogP contribution in [-0.4, -0.2) is 67.8 Å². The Bertz CT molecular complexity index is 844. The molecule has 1 fully saturated rings. The number of pyridine rings is 1. The first kappa shape index (κ1) is 17.9. The molecule has 0 unspecified atom stereocenters. The molecule has 2 aromatic heterocycles. The number of aryl methyl sites for hydroxylation is 1. The number of hydrogen-bond donors (Lipinski definition) is 0. The molecule has 0 aromatic carbocycles. The average Bonchev–Trinajstić information content (AvgIpc) is 2.88. The molecule has 0 aliphatic carbocycles. The van der Waals surface area contributed by atoms with Crippen molar-refractivity contribution in [2.75, 3.05) is 32.7 Å². The smallest absolute Gasteiger partial charge is 0.337 e. The Morgan fingerprint density at radius 3 is 2.63 bits per heavy atom. The summed E-state index contributed by atoms with van der Waals surface area (Å²) < 4.78 is 3.44. The maximum absolute atomic E-state index is 12.6. The molecule has 2 aromatic rings. The molecule has 27 heavy (non-hydrogen) atoms. The van der Waals surface area contributed by atoms with Gasteiger partial charge in [0.25, 0.3) is 5.91 Å². The van der Waals surface area contributed by atoms with Crippen LogP contribution in [0.25, 0.3) is 0 Å². The molecule has 8 heteroatoms. The van der Waals surface area contributed by atoms with E-state index in [-0.39, 0.29) is 11.6 Å². The van der Waals surface area contributed by atoms with Crippen LogP contribution < -0.4 is 5.69 Å². The Labute approximate surface area is 158 Å². The van der Waals surface area contributed by atoms with Gasteiger partial charge in [-0.05, 0) is 37.9 Å². The maximum atomic E-state index is 12.6. The molecule has 2 aliphatic rings. The molecule has 1 amide bonds. The fraction of sp³-hybridized carbons (Fsp3) is 0.579. The molecular weight excluding hydrogens is 344 g/mol. The van der Waals surface area contributed by atoms with Gasteiger partial charge in [0.1, 0.15) is 5.82 Å². The third-order valence-corrected chi connectivity index (χ3v) is 5.46. The van der Waals surface area contributed by atoms with Crippen molar-refractivity contribution < 1.29 is 4.79 Å². The minimum atomic E-state index is 0.0222. The van der Waals surface area contributed by atoms with Crippen LogP contribution >= 0.6 is 0 Å². The van der Waals surface area contributed by atoms with Crippen molar-refractivity contribution in [1.29, 1.82) is 0 Å². The summed E-state index contributed by atoms with van der Waals surface area (Å²) in [6.07, 6.45) is 7.32. The molecule has 0 N–H and O–H groups in total. The lowest BCUT2D eigenvalue weighted by atomic mass is 10.2. The summed E-state index contributed by atoms with van der Waals surface area (Å²) in [5, 5.41) is 4.51. The number of carbonyl (C=O) groups excluding carboxylic acids is 1. The maximum Gasteiger partial charge on any atom is 0.345 e. The van der Waals surface area contributed by atoms with Crippen LogP contribution in [0.4, 0.5) is 0 Å². The molecular formula is C19H26N6O2. The molecule has 8 nitrogen and oxygen atoms in total. The largest absolute Gasteiger partial charge is 0.345 e. The Hall–Kier alpha value is -2.48. The van der Waals surface area contributed by atoms with Gasteiger partial charge in [0, 0.05) is 57.1 Å². The summed E-state index contributed by atoms with van der Waals surface area (Å²) in [5.41, 5.74) is 0.711. The molecule has 4 heterocycles. The van der Waals surface area contributed by atoms with Gasteiger partial charge in [-0.25, -0.2) is 9.48 Å². The van der Waals surface area contributed by atoms with Crippen LogP contribution in [0.15, 0.2) is 29.3 Å². The summed E-state index contributed by atoms with van der Waals surface area (Å²) in [5.74, 6) is 0.994. The van der Waals surface area contributed by atoms with E-state index in [1.165, 1.54) is 0 Å². The first-order valence-electron chi connectivity index (χ1n) is 9.80. The standard InChI is InChI=1S/C19H26N6O2/c26-18(16-5-7-20-8-6-16)23-10-3-9-22(12-14-23)13-15-25-19(27)24-11-2-1-4-17(24)21-25/h5-8H,1-4,9-15H2. The lowest BCUT2D eigenvalue weighted by Crippen LogP contribution is -2.37. The predicted molar refractivity (Wildman–Crippen MR) is 101 cm³/mol. The van der Waals surface area contributed by atoms with Crippen LogP contribution in [-0.2, 0) is 19.5 Å². The number of amides is 1. The van der Waals surface area contributed by atoms with Gasteiger partial charge >= 0.3 is 5.69 Å². The van der Waals surface area contributed by atoms with Crippen molar-refractivity contribution in [2.45, 2.75) is 38.8 Å². The summed E-state index contributed by atoms with van der Waals surface area (Å²) >= 11 is 0. The predicted octanol–water partition coefficient (Wildman–Crippen LogP) is 0.624. The van der Waals surface area contributed by atoms with Crippen molar-refractivity contribution in [1.82, 2.24) is 29.1 Å². The Morgan fingerprint density at radius 2 is 1.81 bits per heavy atom. The average molecular weight is 370 g/mol. The number of hydrogen-bond acceptors (Lipinski definition) is 5. The molecule has 1 saturated heterocycles. The number of rotatable bonds is 4. The van der Waals surface area contributed by atoms with Crippen molar-refractivity contribution in [3.63, 3.8) is 0 Å². The van der Waals surface area contributed by atoms with E-state index in [1.807, 2.05) is 9.47 Å². The van der Waals surface area contributed by atoms with Gasteiger partial charge in [-0.3, -0.25) is 19.2 Å². The minimum absolute atomic E-state index is 0.0222. The highest BCUT2D eigenvalue weighted by Gasteiger charge is 2.21. The summed E-state index contributed by atoms with van der Waals surface area (Å²) in [7, 11) is 0. The van der Waals surface area contributed by atoms with Crippen LogP contribution in [0.5, 0.6) is 0 Å². The molecule has 4 rings (SSSR count). The summed E-state index contributed by atoms with van der Waals surface area (Å²) in [4.78, 5) is 33.3. The van der Waals surface area contributed by atoms with E-state index >= 15 is 0 Å². The van der Waals surface area contributed by atoms with Gasteiger partial charge < -0.3 is 4.90 Å². The minimum Gasteiger partial charge on any atom is -0.337 e. The molecule has 0 atom stereocenters. The first-order chi connectivity index (χ1) is 13.2. The van der Waals surface area contributed by atoms with E-state index in [1.54, 1.807) is 29.2 Å². The van der Waals surface area contributed by atoms with Crippen LogP contribution in [0.1, 0.15) is 35.4 Å². The zero-order valence-electron chi connectivity index (χ0n) is 15.6. The van der Waals surface area contributed by atoms with Gasteiger partial charge in [0.05, 0.1) is 6.54 Å². The Kier molecular flexibility index (Phi) is 5.33. The van der Waals surface area contributed by atoms with Gasteiger partial charge in [-0.15, -0.1) is 0 Å². The lowest BCUT2D eigenvalue weighted by Gasteiger charge is -2.22. The molecule has 0 radical (unpaired) electrons. The lowest BCUT2D eigenvalue weighted by molar-refractivity contribution is 0.0761. The second kappa shape index (κ2) is 8.04. The van der Waals surface area contributed by atoms with E-state index < -0.39 is 0 Å². The number of fused-ring (bicyclic) bond motifs is 1. The second-order valence-corrected chi connectivity index (χ2v) is 7.25. The molecule has 144 valence electrons. The zero-order valence-corrected chi connectivity index (χ0v) is 15.6. The summed E-state index contributed by atoms with van der Waals surface area (Å²) in [6, 6.07) is 3.52. The number of aromatic nitrogens is 4. The SMILES string of the molecule is O=C(c1ccncc1)N1CCCN(CCn2nc3n(c2=O)CCCC3)CC1. The quantitative estimate of drug-likeness (QED) is 0.789. The Morgan fingerprint density at radius 1 is 0.963 bits per heavy atom. The molecule has 0 saturated carbocycles. The molecule has 0 spiro atoms. The third kappa shape index (κ3) is 3.95. The highest BCUT2D eigenvalue weighted by atomic mass is 16.2. The fourth-order valence-corrected chi connectivity index (χ4v) is 3.90. The van der Waals surface area contributed by atoms with Crippen molar-refractivity contribution >= 4 is 5.91 Å². The zero-order chi connectivity index (χ0) is 18.6. The van der Waals surface area contributed by atoms with E-state index in [4.69, 9.17) is 0 Å². The monoisotopic (exact) mass is 370 g/mol. The van der Waals surface area contributed by atoms with Crippen LogP contribution in [0.2, 0.25) is 0 Å². The topological polar surface area (TPSA) is 76.3 Å². The van der Waals surface area contributed by atoms with Crippen LogP contribution in [0, 0.1) is 0 Å². The summed E-state index contributed by atoms with van der Waals surface area (Å²) in [6.45, 7) is 5.41. The van der Waals surface area contributed by atoms with Crippen LogP contribution in [0.3, 0.4) is 0 Å². The van der Waals surface area contributed by atoms with Gasteiger partial charge in [-0.1, -0.05) is 0 Å².